The van der Waals surface area contributed by atoms with Crippen LogP contribution in [0.25, 0.3) is 0 Å². The maximum absolute atomic E-state index is 4.49. The molecule has 0 amide bonds. The second-order valence-corrected chi connectivity index (χ2v) is 7.15. The number of hydrogen-bond acceptors (Lipinski definition) is 3. The van der Waals surface area contributed by atoms with Crippen LogP contribution < -0.4 is 5.32 Å². The highest BCUT2D eigenvalue weighted by atomic mass is 15.3. The second kappa shape index (κ2) is 6.49. The molecule has 21 heavy (non-hydrogen) atoms. The van der Waals surface area contributed by atoms with E-state index in [0.717, 1.165) is 17.7 Å². The van der Waals surface area contributed by atoms with Crippen molar-refractivity contribution in [2.75, 3.05) is 20.1 Å². The van der Waals surface area contributed by atoms with E-state index in [9.17, 15) is 0 Å². The molecule has 1 saturated carbocycles. The molecule has 0 bridgehead atoms. The SMILES string of the molecule is Cc1cc(CC2CCCC2NC2CCN(C)CC2)n(C)n1. The minimum Gasteiger partial charge on any atom is -0.311 e. The van der Waals surface area contributed by atoms with Crippen LogP contribution in [0.3, 0.4) is 0 Å². The van der Waals surface area contributed by atoms with E-state index in [4.69, 9.17) is 0 Å². The van der Waals surface area contributed by atoms with Crippen molar-refractivity contribution in [2.45, 2.75) is 57.5 Å². The van der Waals surface area contributed by atoms with Gasteiger partial charge in [0.25, 0.3) is 0 Å². The first-order valence-electron chi connectivity index (χ1n) is 8.56. The van der Waals surface area contributed by atoms with Gasteiger partial charge in [0.1, 0.15) is 0 Å². The Kier molecular flexibility index (Phi) is 4.65. The molecule has 2 fully saturated rings. The van der Waals surface area contributed by atoms with E-state index in [1.807, 2.05) is 0 Å². The lowest BCUT2D eigenvalue weighted by atomic mass is 9.95. The maximum Gasteiger partial charge on any atom is 0.0596 e. The Hall–Kier alpha value is -0.870. The lowest BCUT2D eigenvalue weighted by Gasteiger charge is -2.33. The van der Waals surface area contributed by atoms with Gasteiger partial charge in [0, 0.05) is 24.8 Å². The summed E-state index contributed by atoms with van der Waals surface area (Å²) in [4.78, 5) is 2.45. The summed E-state index contributed by atoms with van der Waals surface area (Å²) in [5, 5.41) is 8.47. The number of rotatable bonds is 4. The number of nitrogens with zero attached hydrogens (tertiary/aromatic N) is 3. The molecule has 2 atom stereocenters. The molecule has 0 spiro atoms. The standard InChI is InChI=1S/C17H30N4/c1-13-11-16(21(3)19-13)12-14-5-4-6-17(14)18-15-7-9-20(2)10-8-15/h11,14-15,17-18H,4-10,12H2,1-3H3. The van der Waals surface area contributed by atoms with Crippen LogP contribution in [0.5, 0.6) is 0 Å². The summed E-state index contributed by atoms with van der Waals surface area (Å²) >= 11 is 0. The van der Waals surface area contributed by atoms with Gasteiger partial charge in [-0.2, -0.15) is 5.10 Å². The average Bonchev–Trinajstić information content (AvgIpc) is 3.00. The minimum absolute atomic E-state index is 0.716. The topological polar surface area (TPSA) is 33.1 Å². The first-order valence-corrected chi connectivity index (χ1v) is 8.56. The van der Waals surface area contributed by atoms with Gasteiger partial charge in [0.15, 0.2) is 0 Å². The number of aryl methyl sites for hydroxylation is 2. The fraction of sp³-hybridized carbons (Fsp3) is 0.824. The van der Waals surface area contributed by atoms with Crippen LogP contribution in [-0.2, 0) is 13.5 Å². The molecular formula is C17H30N4. The monoisotopic (exact) mass is 290 g/mol. The van der Waals surface area contributed by atoms with Crippen LogP contribution in [0, 0.1) is 12.8 Å². The molecule has 1 saturated heterocycles. The highest BCUT2D eigenvalue weighted by molar-refractivity contribution is 5.10. The Morgan fingerprint density at radius 2 is 1.95 bits per heavy atom. The Balaban J connectivity index is 1.56. The van der Waals surface area contributed by atoms with E-state index in [2.05, 4.69) is 47.1 Å². The highest BCUT2D eigenvalue weighted by Crippen LogP contribution is 2.30. The van der Waals surface area contributed by atoms with E-state index >= 15 is 0 Å². The molecule has 4 nitrogen and oxygen atoms in total. The van der Waals surface area contributed by atoms with Crippen LogP contribution in [-0.4, -0.2) is 46.9 Å². The van der Waals surface area contributed by atoms with Gasteiger partial charge >= 0.3 is 0 Å². The van der Waals surface area contributed by atoms with Gasteiger partial charge in [-0.3, -0.25) is 4.68 Å². The average molecular weight is 290 g/mol. The molecule has 2 unspecified atom stereocenters. The van der Waals surface area contributed by atoms with Gasteiger partial charge in [-0.1, -0.05) is 6.42 Å². The third-order valence-corrected chi connectivity index (χ3v) is 5.40. The molecule has 2 heterocycles. The molecule has 2 aliphatic rings. The Morgan fingerprint density at radius 1 is 1.19 bits per heavy atom. The van der Waals surface area contributed by atoms with Gasteiger partial charge in [-0.25, -0.2) is 0 Å². The molecule has 1 aromatic heterocycles. The third kappa shape index (κ3) is 3.67. The summed E-state index contributed by atoms with van der Waals surface area (Å²) in [6, 6.07) is 3.71. The molecule has 118 valence electrons. The normalized spacial score (nSPS) is 28.3. The number of piperidine rings is 1. The van der Waals surface area contributed by atoms with Crippen LogP contribution in [0.15, 0.2) is 6.07 Å². The first kappa shape index (κ1) is 15.0. The predicted molar refractivity (Wildman–Crippen MR) is 86.4 cm³/mol. The molecule has 3 rings (SSSR count). The Bertz CT molecular complexity index is 459. The molecule has 1 aliphatic carbocycles. The van der Waals surface area contributed by atoms with Gasteiger partial charge in [-0.05, 0) is 71.1 Å². The number of likely N-dealkylation sites (tertiary alicyclic amines) is 1. The lowest BCUT2D eigenvalue weighted by Crippen LogP contribution is -2.46. The maximum atomic E-state index is 4.49. The van der Waals surface area contributed by atoms with Crippen molar-refractivity contribution in [3.05, 3.63) is 17.5 Å². The quantitative estimate of drug-likeness (QED) is 0.922. The molecule has 1 N–H and O–H groups in total. The van der Waals surface area contributed by atoms with E-state index in [0.29, 0.717) is 6.04 Å². The van der Waals surface area contributed by atoms with E-state index in [1.165, 1.54) is 57.3 Å². The van der Waals surface area contributed by atoms with Crippen molar-refractivity contribution >= 4 is 0 Å². The molecule has 4 heteroatoms. The van der Waals surface area contributed by atoms with Crippen LogP contribution in [0.2, 0.25) is 0 Å². The van der Waals surface area contributed by atoms with E-state index in [1.54, 1.807) is 0 Å². The Morgan fingerprint density at radius 3 is 2.62 bits per heavy atom. The third-order valence-electron chi connectivity index (χ3n) is 5.40. The predicted octanol–water partition coefficient (Wildman–Crippen LogP) is 2.12. The first-order chi connectivity index (χ1) is 10.1. The fourth-order valence-corrected chi connectivity index (χ4v) is 4.10. The zero-order chi connectivity index (χ0) is 14.8. The number of hydrogen-bond donors (Lipinski definition) is 1. The summed E-state index contributed by atoms with van der Waals surface area (Å²) in [5.41, 5.74) is 2.54. The largest absolute Gasteiger partial charge is 0.311 e. The summed E-state index contributed by atoms with van der Waals surface area (Å²) in [6.45, 7) is 4.58. The van der Waals surface area contributed by atoms with Crippen molar-refractivity contribution in [3.8, 4) is 0 Å². The lowest BCUT2D eigenvalue weighted by molar-refractivity contribution is 0.214. The van der Waals surface area contributed by atoms with Crippen molar-refractivity contribution in [2.24, 2.45) is 13.0 Å². The van der Waals surface area contributed by atoms with Crippen LogP contribution in [0.4, 0.5) is 0 Å². The highest BCUT2D eigenvalue weighted by Gasteiger charge is 2.30. The van der Waals surface area contributed by atoms with Crippen molar-refractivity contribution in [3.63, 3.8) is 0 Å². The summed E-state index contributed by atoms with van der Waals surface area (Å²) in [6.07, 6.45) is 7.91. The smallest absolute Gasteiger partial charge is 0.0596 e. The number of aromatic nitrogens is 2. The molecule has 0 aromatic carbocycles. The van der Waals surface area contributed by atoms with Gasteiger partial charge in [-0.15, -0.1) is 0 Å². The minimum atomic E-state index is 0.716. The summed E-state index contributed by atoms with van der Waals surface area (Å²) in [7, 11) is 4.32. The van der Waals surface area contributed by atoms with E-state index in [-0.39, 0.29) is 0 Å². The van der Waals surface area contributed by atoms with Gasteiger partial charge in [0.2, 0.25) is 0 Å². The molecular weight excluding hydrogens is 260 g/mol. The zero-order valence-corrected chi connectivity index (χ0v) is 13.8. The fourth-order valence-electron chi connectivity index (χ4n) is 4.10. The Labute approximate surface area is 128 Å². The van der Waals surface area contributed by atoms with E-state index < -0.39 is 0 Å². The molecule has 1 aliphatic heterocycles. The summed E-state index contributed by atoms with van der Waals surface area (Å²) in [5.74, 6) is 0.791. The zero-order valence-electron chi connectivity index (χ0n) is 13.8. The van der Waals surface area contributed by atoms with Crippen molar-refractivity contribution in [1.82, 2.24) is 20.0 Å². The number of nitrogens with one attached hydrogen (secondary N) is 1. The van der Waals surface area contributed by atoms with Crippen LogP contribution >= 0.6 is 0 Å². The van der Waals surface area contributed by atoms with Gasteiger partial charge < -0.3 is 10.2 Å². The summed E-state index contributed by atoms with van der Waals surface area (Å²) < 4.78 is 2.07. The van der Waals surface area contributed by atoms with Crippen molar-refractivity contribution < 1.29 is 0 Å². The second-order valence-electron chi connectivity index (χ2n) is 7.15. The van der Waals surface area contributed by atoms with Crippen LogP contribution in [0.1, 0.15) is 43.5 Å². The van der Waals surface area contributed by atoms with Gasteiger partial charge in [0.05, 0.1) is 5.69 Å². The molecule has 1 aromatic rings. The molecule has 0 radical (unpaired) electrons. The van der Waals surface area contributed by atoms with Crippen molar-refractivity contribution in [1.29, 1.82) is 0 Å².